The molecule has 0 aliphatic heterocycles. The average molecular weight is 579 g/mol. The van der Waals surface area contributed by atoms with Crippen molar-refractivity contribution >= 4 is 42.3 Å². The Hall–Kier alpha value is -4.98. The zero-order valence-electron chi connectivity index (χ0n) is 24.8. The fourth-order valence-electron chi connectivity index (χ4n) is 7.47. The van der Waals surface area contributed by atoms with Gasteiger partial charge in [-0.2, -0.15) is 0 Å². The molecule has 9 rings (SSSR count). The molecule has 0 unspecified atom stereocenters. The van der Waals surface area contributed by atoms with Crippen LogP contribution in [-0.2, 0) is 5.41 Å². The van der Waals surface area contributed by atoms with Gasteiger partial charge in [-0.3, -0.25) is 0 Å². The lowest BCUT2D eigenvalue weighted by Crippen LogP contribution is -2.23. The van der Waals surface area contributed by atoms with E-state index >= 15 is 0 Å². The molecule has 1 aliphatic carbocycles. The van der Waals surface area contributed by atoms with Gasteiger partial charge >= 0.3 is 0 Å². The summed E-state index contributed by atoms with van der Waals surface area (Å²) in [6, 6.07) is 54.0. The Morgan fingerprint density at radius 2 is 0.932 bits per heavy atom. The molecule has 44 heavy (non-hydrogen) atoms. The summed E-state index contributed by atoms with van der Waals surface area (Å²) < 4.78 is 2.70. The summed E-state index contributed by atoms with van der Waals surface area (Å²) in [6.07, 6.45) is 0. The Morgan fingerprint density at radius 3 is 1.73 bits per heavy atom. The molecule has 1 aliphatic rings. The van der Waals surface area contributed by atoms with E-state index in [4.69, 9.17) is 0 Å². The SMILES string of the molecule is CC1(C)c2ccccc2-c2ccc(-c3ccc(-c4ccc(-c5cccc6c5sc5ccccc56)cc4)cc3)c3cccc1c23. The molecule has 8 aromatic rings. The summed E-state index contributed by atoms with van der Waals surface area (Å²) in [4.78, 5) is 0. The van der Waals surface area contributed by atoms with Crippen molar-refractivity contribution in [2.45, 2.75) is 19.3 Å². The molecule has 1 heteroatoms. The largest absolute Gasteiger partial charge is 0.135 e. The molecule has 0 bridgehead atoms. The van der Waals surface area contributed by atoms with Crippen LogP contribution in [0.5, 0.6) is 0 Å². The van der Waals surface area contributed by atoms with Crippen molar-refractivity contribution in [2.24, 2.45) is 0 Å². The number of hydrogen-bond acceptors (Lipinski definition) is 1. The second kappa shape index (κ2) is 9.51. The zero-order chi connectivity index (χ0) is 29.4. The molecule has 0 spiro atoms. The highest BCUT2D eigenvalue weighted by atomic mass is 32.1. The van der Waals surface area contributed by atoms with Crippen LogP contribution >= 0.6 is 11.3 Å². The number of hydrogen-bond donors (Lipinski definition) is 0. The first-order valence-corrected chi connectivity index (χ1v) is 16.2. The number of rotatable bonds is 3. The van der Waals surface area contributed by atoms with Crippen LogP contribution < -0.4 is 0 Å². The molecule has 0 nitrogen and oxygen atoms in total. The lowest BCUT2D eigenvalue weighted by molar-refractivity contribution is 0.645. The van der Waals surface area contributed by atoms with Crippen molar-refractivity contribution in [1.82, 2.24) is 0 Å². The monoisotopic (exact) mass is 578 g/mol. The summed E-state index contributed by atoms with van der Waals surface area (Å²) >= 11 is 1.89. The third-order valence-corrected chi connectivity index (χ3v) is 11.0. The lowest BCUT2D eigenvalue weighted by Gasteiger charge is -2.35. The first-order chi connectivity index (χ1) is 21.6. The summed E-state index contributed by atoms with van der Waals surface area (Å²) in [5, 5.41) is 5.40. The molecule has 0 N–H and O–H groups in total. The van der Waals surface area contributed by atoms with Gasteiger partial charge in [0, 0.05) is 25.6 Å². The van der Waals surface area contributed by atoms with Crippen LogP contribution in [0.2, 0.25) is 0 Å². The Bertz CT molecular complexity index is 2380. The number of thiophene rings is 1. The van der Waals surface area contributed by atoms with Gasteiger partial charge in [0.05, 0.1) is 0 Å². The van der Waals surface area contributed by atoms with Gasteiger partial charge in [0.2, 0.25) is 0 Å². The van der Waals surface area contributed by atoms with Crippen molar-refractivity contribution in [2.75, 3.05) is 0 Å². The summed E-state index contributed by atoms with van der Waals surface area (Å²) in [6.45, 7) is 4.72. The Balaban J connectivity index is 1.08. The Labute approximate surface area is 261 Å². The van der Waals surface area contributed by atoms with E-state index in [2.05, 4.69) is 159 Å². The van der Waals surface area contributed by atoms with Crippen LogP contribution in [0.1, 0.15) is 25.0 Å². The summed E-state index contributed by atoms with van der Waals surface area (Å²) in [5.74, 6) is 0. The normalized spacial score (nSPS) is 13.4. The zero-order valence-corrected chi connectivity index (χ0v) is 25.6. The van der Waals surface area contributed by atoms with Crippen LogP contribution in [0.25, 0.3) is 75.5 Å². The minimum atomic E-state index is -0.0414. The maximum Gasteiger partial charge on any atom is 0.0433 e. The van der Waals surface area contributed by atoms with E-state index in [9.17, 15) is 0 Å². The van der Waals surface area contributed by atoms with E-state index in [1.54, 1.807) is 0 Å². The third-order valence-electron chi connectivity index (χ3n) is 9.73. The Kier molecular flexibility index (Phi) is 5.51. The van der Waals surface area contributed by atoms with E-state index < -0.39 is 0 Å². The van der Waals surface area contributed by atoms with Crippen LogP contribution in [-0.4, -0.2) is 0 Å². The first-order valence-electron chi connectivity index (χ1n) is 15.4. The van der Waals surface area contributed by atoms with Gasteiger partial charge in [-0.15, -0.1) is 11.3 Å². The first kappa shape index (κ1) is 25.5. The van der Waals surface area contributed by atoms with E-state index in [0.717, 1.165) is 0 Å². The van der Waals surface area contributed by atoms with E-state index in [-0.39, 0.29) is 5.41 Å². The highest BCUT2D eigenvalue weighted by Gasteiger charge is 2.33. The molecule has 0 atom stereocenters. The molecule has 1 aromatic heterocycles. The van der Waals surface area contributed by atoms with Crippen LogP contribution in [0, 0.1) is 0 Å². The molecular formula is C43H30S. The molecule has 7 aromatic carbocycles. The van der Waals surface area contributed by atoms with Crippen LogP contribution in [0.4, 0.5) is 0 Å². The quantitative estimate of drug-likeness (QED) is 0.196. The van der Waals surface area contributed by atoms with Gasteiger partial charge in [0.15, 0.2) is 0 Å². The molecule has 0 radical (unpaired) electrons. The number of benzene rings is 7. The topological polar surface area (TPSA) is 0 Å². The van der Waals surface area contributed by atoms with Crippen molar-refractivity contribution < 1.29 is 0 Å². The second-order valence-corrected chi connectivity index (χ2v) is 13.5. The average Bonchev–Trinajstić information content (AvgIpc) is 3.46. The van der Waals surface area contributed by atoms with Crippen molar-refractivity contribution in [3.63, 3.8) is 0 Å². The molecule has 0 saturated heterocycles. The predicted octanol–water partition coefficient (Wildman–Crippen LogP) is 12.5. The van der Waals surface area contributed by atoms with E-state index in [1.165, 1.54) is 86.6 Å². The number of fused-ring (bicyclic) bond motifs is 5. The third kappa shape index (κ3) is 3.69. The standard InChI is InChI=1S/C43H30S/c1-43(2)38-14-5-3-9-33(38)36-26-25-31(35-12-8-15-39(43)41(35)36)29-21-17-27(18-22-29)28-19-23-30(24-20-28)32-11-7-13-37-34-10-4-6-16-40(34)44-42(32)37/h3-26H,1-2H3. The second-order valence-electron chi connectivity index (χ2n) is 12.5. The smallest absolute Gasteiger partial charge is 0.0433 e. The summed E-state index contributed by atoms with van der Waals surface area (Å²) in [5.41, 5.74) is 13.1. The van der Waals surface area contributed by atoms with Crippen LogP contribution in [0.15, 0.2) is 146 Å². The van der Waals surface area contributed by atoms with Crippen LogP contribution in [0.3, 0.4) is 0 Å². The minimum Gasteiger partial charge on any atom is -0.135 e. The minimum absolute atomic E-state index is 0.0414. The fraction of sp³-hybridized carbons (Fsp3) is 0.0698. The maximum atomic E-state index is 2.36. The lowest BCUT2D eigenvalue weighted by atomic mass is 9.68. The van der Waals surface area contributed by atoms with Crippen molar-refractivity contribution in [3.05, 3.63) is 157 Å². The highest BCUT2D eigenvalue weighted by Crippen LogP contribution is 2.50. The molecule has 1 heterocycles. The molecular weight excluding hydrogens is 549 g/mol. The summed E-state index contributed by atoms with van der Waals surface area (Å²) in [7, 11) is 0. The highest BCUT2D eigenvalue weighted by molar-refractivity contribution is 7.26. The maximum absolute atomic E-state index is 2.36. The molecule has 0 fully saturated rings. The molecule has 208 valence electrons. The van der Waals surface area contributed by atoms with Gasteiger partial charge in [0.25, 0.3) is 0 Å². The van der Waals surface area contributed by atoms with Gasteiger partial charge < -0.3 is 0 Å². The van der Waals surface area contributed by atoms with E-state index in [0.29, 0.717) is 0 Å². The van der Waals surface area contributed by atoms with Gasteiger partial charge in [-0.25, -0.2) is 0 Å². The van der Waals surface area contributed by atoms with Crippen molar-refractivity contribution in [3.8, 4) is 44.5 Å². The fourth-order valence-corrected chi connectivity index (χ4v) is 8.71. The van der Waals surface area contributed by atoms with Gasteiger partial charge in [0.1, 0.15) is 0 Å². The van der Waals surface area contributed by atoms with Crippen molar-refractivity contribution in [1.29, 1.82) is 0 Å². The predicted molar refractivity (Wildman–Crippen MR) is 191 cm³/mol. The molecule has 0 saturated carbocycles. The Morgan fingerprint density at radius 1 is 0.386 bits per heavy atom. The molecule has 0 amide bonds. The van der Waals surface area contributed by atoms with E-state index in [1.807, 2.05) is 11.3 Å². The van der Waals surface area contributed by atoms with Gasteiger partial charge in [-0.05, 0) is 72.5 Å². The van der Waals surface area contributed by atoms with Gasteiger partial charge in [-0.1, -0.05) is 153 Å².